The van der Waals surface area contributed by atoms with E-state index in [1.807, 2.05) is 84.9 Å². The molecular weight excluding hydrogens is 386 g/mol. The SMILES string of the molecule is CN1CCN(NC(=O)c2ccccc2-c2ccccc2)C(CCOc2ccccc2)C1. The van der Waals surface area contributed by atoms with Crippen molar-refractivity contribution >= 4 is 5.91 Å². The van der Waals surface area contributed by atoms with Crippen LogP contribution < -0.4 is 10.2 Å². The van der Waals surface area contributed by atoms with Gasteiger partial charge in [0.15, 0.2) is 0 Å². The van der Waals surface area contributed by atoms with Crippen molar-refractivity contribution in [3.63, 3.8) is 0 Å². The molecule has 0 radical (unpaired) electrons. The predicted molar refractivity (Wildman–Crippen MR) is 124 cm³/mol. The Hall–Kier alpha value is -3.15. The lowest BCUT2D eigenvalue weighted by molar-refractivity contribution is 0.0293. The second kappa shape index (κ2) is 10.2. The molecule has 0 aromatic heterocycles. The molecule has 1 fully saturated rings. The van der Waals surface area contributed by atoms with Gasteiger partial charge in [0.05, 0.1) is 6.61 Å². The summed E-state index contributed by atoms with van der Waals surface area (Å²) < 4.78 is 5.90. The molecule has 1 amide bonds. The summed E-state index contributed by atoms with van der Waals surface area (Å²) in [4.78, 5) is 15.5. The van der Waals surface area contributed by atoms with Gasteiger partial charge in [0, 0.05) is 37.7 Å². The van der Waals surface area contributed by atoms with E-state index in [9.17, 15) is 4.79 Å². The van der Waals surface area contributed by atoms with Crippen molar-refractivity contribution in [1.29, 1.82) is 0 Å². The van der Waals surface area contributed by atoms with Crippen LogP contribution >= 0.6 is 0 Å². The van der Waals surface area contributed by atoms with Gasteiger partial charge in [0.2, 0.25) is 0 Å². The quantitative estimate of drug-likeness (QED) is 0.632. The minimum Gasteiger partial charge on any atom is -0.494 e. The number of amides is 1. The Kier molecular flexibility index (Phi) is 6.97. The van der Waals surface area contributed by atoms with Crippen molar-refractivity contribution in [2.45, 2.75) is 12.5 Å². The molecule has 1 saturated heterocycles. The predicted octanol–water partition coefficient (Wildman–Crippen LogP) is 4.08. The van der Waals surface area contributed by atoms with E-state index in [0.717, 1.165) is 42.9 Å². The smallest absolute Gasteiger partial charge is 0.266 e. The zero-order valence-corrected chi connectivity index (χ0v) is 17.9. The van der Waals surface area contributed by atoms with E-state index in [0.29, 0.717) is 12.2 Å². The van der Waals surface area contributed by atoms with E-state index in [4.69, 9.17) is 4.74 Å². The fraction of sp³-hybridized carbons (Fsp3) is 0.269. The average Bonchev–Trinajstić information content (AvgIpc) is 2.82. The highest BCUT2D eigenvalue weighted by Gasteiger charge is 2.27. The van der Waals surface area contributed by atoms with Gasteiger partial charge in [-0.15, -0.1) is 0 Å². The third kappa shape index (κ3) is 5.51. The van der Waals surface area contributed by atoms with Crippen LogP contribution in [0.2, 0.25) is 0 Å². The molecule has 1 heterocycles. The Bertz CT molecular complexity index is 978. The number of carbonyl (C=O) groups excluding carboxylic acids is 1. The summed E-state index contributed by atoms with van der Waals surface area (Å²) in [7, 11) is 2.12. The topological polar surface area (TPSA) is 44.8 Å². The van der Waals surface area contributed by atoms with Crippen LogP contribution in [0.3, 0.4) is 0 Å². The molecule has 1 N–H and O–H groups in total. The summed E-state index contributed by atoms with van der Waals surface area (Å²) in [6.45, 7) is 3.19. The first-order chi connectivity index (χ1) is 15.2. The van der Waals surface area contributed by atoms with E-state index in [2.05, 4.69) is 22.4 Å². The Balaban J connectivity index is 1.43. The fourth-order valence-corrected chi connectivity index (χ4v) is 3.98. The first kappa shape index (κ1) is 21.1. The van der Waals surface area contributed by atoms with Crippen LogP contribution in [-0.2, 0) is 0 Å². The molecule has 5 nitrogen and oxygen atoms in total. The van der Waals surface area contributed by atoms with Crippen molar-refractivity contribution in [1.82, 2.24) is 15.3 Å². The van der Waals surface area contributed by atoms with Crippen LogP contribution in [-0.4, -0.2) is 55.1 Å². The van der Waals surface area contributed by atoms with Crippen LogP contribution in [0, 0.1) is 0 Å². The minimum absolute atomic E-state index is 0.0713. The van der Waals surface area contributed by atoms with Gasteiger partial charge in [-0.25, -0.2) is 5.01 Å². The highest BCUT2D eigenvalue weighted by Crippen LogP contribution is 2.23. The molecule has 1 aliphatic rings. The van der Waals surface area contributed by atoms with Crippen molar-refractivity contribution in [2.75, 3.05) is 33.3 Å². The summed E-state index contributed by atoms with van der Waals surface area (Å²) in [5, 5.41) is 2.08. The Labute approximate surface area is 184 Å². The summed E-state index contributed by atoms with van der Waals surface area (Å²) in [5.41, 5.74) is 5.85. The van der Waals surface area contributed by atoms with Gasteiger partial charge in [0.1, 0.15) is 5.75 Å². The fourth-order valence-electron chi connectivity index (χ4n) is 3.98. The van der Waals surface area contributed by atoms with Crippen LogP contribution in [0.4, 0.5) is 0 Å². The lowest BCUT2D eigenvalue weighted by Gasteiger charge is -2.40. The molecular formula is C26H29N3O2. The number of rotatable bonds is 7. The van der Waals surface area contributed by atoms with E-state index in [-0.39, 0.29) is 11.9 Å². The van der Waals surface area contributed by atoms with Gasteiger partial charge in [-0.3, -0.25) is 10.2 Å². The third-order valence-electron chi connectivity index (χ3n) is 5.65. The summed E-state index contributed by atoms with van der Waals surface area (Å²) >= 11 is 0. The Morgan fingerprint density at radius 2 is 1.61 bits per heavy atom. The Morgan fingerprint density at radius 1 is 0.935 bits per heavy atom. The molecule has 0 spiro atoms. The number of ether oxygens (including phenoxy) is 1. The van der Waals surface area contributed by atoms with Crippen LogP contribution in [0.25, 0.3) is 11.1 Å². The zero-order valence-electron chi connectivity index (χ0n) is 17.9. The van der Waals surface area contributed by atoms with Crippen LogP contribution in [0.1, 0.15) is 16.8 Å². The normalized spacial score (nSPS) is 17.3. The summed E-state index contributed by atoms with van der Waals surface area (Å²) in [6.07, 6.45) is 0.833. The van der Waals surface area contributed by atoms with Gasteiger partial charge in [-0.1, -0.05) is 66.7 Å². The second-order valence-corrected chi connectivity index (χ2v) is 7.91. The van der Waals surface area contributed by atoms with Gasteiger partial charge >= 0.3 is 0 Å². The molecule has 31 heavy (non-hydrogen) atoms. The molecule has 1 unspecified atom stereocenters. The lowest BCUT2D eigenvalue weighted by Crippen LogP contribution is -2.58. The number of carbonyl (C=O) groups is 1. The van der Waals surface area contributed by atoms with E-state index < -0.39 is 0 Å². The monoisotopic (exact) mass is 415 g/mol. The molecule has 3 aromatic carbocycles. The molecule has 3 aromatic rings. The van der Waals surface area contributed by atoms with Crippen molar-refractivity contribution in [2.24, 2.45) is 0 Å². The highest BCUT2D eigenvalue weighted by molar-refractivity contribution is 6.00. The largest absolute Gasteiger partial charge is 0.494 e. The van der Waals surface area contributed by atoms with E-state index >= 15 is 0 Å². The number of benzene rings is 3. The van der Waals surface area contributed by atoms with Crippen molar-refractivity contribution < 1.29 is 9.53 Å². The highest BCUT2D eigenvalue weighted by atomic mass is 16.5. The molecule has 5 heteroatoms. The Morgan fingerprint density at radius 3 is 2.39 bits per heavy atom. The number of para-hydroxylation sites is 1. The van der Waals surface area contributed by atoms with E-state index in [1.54, 1.807) is 0 Å². The minimum atomic E-state index is -0.0713. The average molecular weight is 416 g/mol. The number of hydrogen-bond acceptors (Lipinski definition) is 4. The van der Waals surface area contributed by atoms with Crippen molar-refractivity contribution in [3.05, 3.63) is 90.5 Å². The summed E-state index contributed by atoms with van der Waals surface area (Å²) in [5.74, 6) is 0.803. The lowest BCUT2D eigenvalue weighted by atomic mass is 9.99. The van der Waals surface area contributed by atoms with Gasteiger partial charge in [-0.05, 0) is 36.4 Å². The van der Waals surface area contributed by atoms with Crippen LogP contribution in [0.5, 0.6) is 5.75 Å². The molecule has 0 saturated carbocycles. The standard InChI is InChI=1S/C26H29N3O2/c1-28-17-18-29(22(20-28)16-19-31-23-12-6-3-7-13-23)27-26(30)25-15-9-8-14-24(25)21-10-4-2-5-11-21/h2-15,22H,16-20H2,1H3,(H,27,30). The number of likely N-dealkylation sites (N-methyl/N-ethyl adjacent to an activating group) is 1. The molecule has 4 rings (SSSR count). The number of nitrogens with one attached hydrogen (secondary N) is 1. The molecule has 160 valence electrons. The summed E-state index contributed by atoms with van der Waals surface area (Å²) in [6, 6.07) is 27.9. The molecule has 0 aliphatic carbocycles. The molecule has 1 atom stereocenters. The maximum atomic E-state index is 13.2. The number of hydrazine groups is 1. The molecule has 1 aliphatic heterocycles. The maximum absolute atomic E-state index is 13.2. The second-order valence-electron chi connectivity index (χ2n) is 7.91. The first-order valence-electron chi connectivity index (χ1n) is 10.8. The maximum Gasteiger partial charge on any atom is 0.266 e. The van der Waals surface area contributed by atoms with Crippen molar-refractivity contribution in [3.8, 4) is 16.9 Å². The first-order valence-corrected chi connectivity index (χ1v) is 10.8. The molecule has 0 bridgehead atoms. The van der Waals surface area contributed by atoms with E-state index in [1.165, 1.54) is 0 Å². The number of hydrogen-bond donors (Lipinski definition) is 1. The van der Waals surface area contributed by atoms with Gasteiger partial charge in [0.25, 0.3) is 5.91 Å². The zero-order chi connectivity index (χ0) is 21.5. The number of nitrogens with zero attached hydrogens (tertiary/aromatic N) is 2. The van der Waals surface area contributed by atoms with Gasteiger partial charge < -0.3 is 9.64 Å². The number of piperazine rings is 1. The third-order valence-corrected chi connectivity index (χ3v) is 5.65. The van der Waals surface area contributed by atoms with Gasteiger partial charge in [-0.2, -0.15) is 0 Å². The van der Waals surface area contributed by atoms with Crippen LogP contribution in [0.15, 0.2) is 84.9 Å².